The molecule has 1 heterocycles. The van der Waals surface area contributed by atoms with Gasteiger partial charge >= 0.3 is 5.97 Å². The molecule has 4 nitrogen and oxygen atoms in total. The number of carbonyl (C=O) groups excluding carboxylic acids is 1. The van der Waals surface area contributed by atoms with E-state index in [-0.39, 0.29) is 24.8 Å². The molecule has 2 rings (SSSR count). The highest BCUT2D eigenvalue weighted by Gasteiger charge is 2.30. The summed E-state index contributed by atoms with van der Waals surface area (Å²) in [6.07, 6.45) is 8.42. The van der Waals surface area contributed by atoms with E-state index in [9.17, 15) is 4.79 Å². The molecule has 0 amide bonds. The molecule has 0 aromatic rings. The Kier molecular flexibility index (Phi) is 6.05. The van der Waals surface area contributed by atoms with Crippen LogP contribution in [0.1, 0.15) is 51.9 Å². The van der Waals surface area contributed by atoms with Crippen LogP contribution in [0.25, 0.3) is 0 Å². The quantitative estimate of drug-likeness (QED) is 0.574. The second kappa shape index (κ2) is 7.79. The Morgan fingerprint density at radius 3 is 2.65 bits per heavy atom. The van der Waals surface area contributed by atoms with Gasteiger partial charge in [-0.1, -0.05) is 25.8 Å². The van der Waals surface area contributed by atoms with E-state index in [1.54, 1.807) is 6.92 Å². The minimum atomic E-state index is -0.351. The number of hydrogen-bond acceptors (Lipinski definition) is 4. The van der Waals surface area contributed by atoms with Crippen molar-refractivity contribution in [2.45, 2.75) is 70.2 Å². The van der Waals surface area contributed by atoms with Crippen LogP contribution in [-0.4, -0.2) is 37.5 Å². The van der Waals surface area contributed by atoms with Crippen LogP contribution >= 0.6 is 0 Å². The van der Waals surface area contributed by atoms with Gasteiger partial charge in [0.2, 0.25) is 0 Å². The van der Waals surface area contributed by atoms with Gasteiger partial charge in [0.25, 0.3) is 0 Å². The largest absolute Gasteiger partial charge is 0.459 e. The SMILES string of the molecule is C=C(C)C(=O)OCC1OCCCC1OC1CCCCC1. The average molecular weight is 282 g/mol. The minimum Gasteiger partial charge on any atom is -0.459 e. The Balaban J connectivity index is 1.81. The van der Waals surface area contributed by atoms with E-state index in [1.165, 1.54) is 19.3 Å². The molecule has 2 unspecified atom stereocenters. The van der Waals surface area contributed by atoms with Gasteiger partial charge in [0.1, 0.15) is 12.7 Å². The van der Waals surface area contributed by atoms with Crippen molar-refractivity contribution in [1.82, 2.24) is 0 Å². The molecular formula is C16H26O4. The van der Waals surface area contributed by atoms with Gasteiger partial charge in [-0.05, 0) is 32.6 Å². The molecule has 1 saturated carbocycles. The lowest BCUT2D eigenvalue weighted by Crippen LogP contribution is -2.42. The summed E-state index contributed by atoms with van der Waals surface area (Å²) in [7, 11) is 0. The molecule has 2 fully saturated rings. The second-order valence-corrected chi connectivity index (χ2v) is 5.86. The normalized spacial score (nSPS) is 28.1. The number of rotatable bonds is 5. The molecular weight excluding hydrogens is 256 g/mol. The van der Waals surface area contributed by atoms with Crippen LogP contribution < -0.4 is 0 Å². The molecule has 0 N–H and O–H groups in total. The van der Waals surface area contributed by atoms with Gasteiger partial charge in [-0.25, -0.2) is 4.79 Å². The highest BCUT2D eigenvalue weighted by molar-refractivity contribution is 5.86. The van der Waals surface area contributed by atoms with Crippen molar-refractivity contribution >= 4 is 5.97 Å². The van der Waals surface area contributed by atoms with Crippen molar-refractivity contribution in [3.05, 3.63) is 12.2 Å². The summed E-state index contributed by atoms with van der Waals surface area (Å²) in [5, 5.41) is 0. The predicted molar refractivity (Wildman–Crippen MR) is 76.5 cm³/mol. The third-order valence-electron chi connectivity index (χ3n) is 4.03. The smallest absolute Gasteiger partial charge is 0.333 e. The highest BCUT2D eigenvalue weighted by Crippen LogP contribution is 2.26. The molecule has 0 bridgehead atoms. The number of esters is 1. The molecule has 1 aliphatic heterocycles. The van der Waals surface area contributed by atoms with Crippen LogP contribution in [0.15, 0.2) is 12.2 Å². The molecule has 1 aliphatic carbocycles. The molecule has 0 aromatic heterocycles. The summed E-state index contributed by atoms with van der Waals surface area (Å²) < 4.78 is 17.1. The summed E-state index contributed by atoms with van der Waals surface area (Å²) in [6, 6.07) is 0. The third kappa shape index (κ3) is 4.60. The number of ether oxygens (including phenoxy) is 3. The first kappa shape index (κ1) is 15.5. The Morgan fingerprint density at radius 2 is 1.95 bits per heavy atom. The lowest BCUT2D eigenvalue weighted by Gasteiger charge is -2.35. The van der Waals surface area contributed by atoms with Crippen molar-refractivity contribution in [3.63, 3.8) is 0 Å². The Morgan fingerprint density at radius 1 is 1.20 bits per heavy atom. The van der Waals surface area contributed by atoms with Gasteiger partial charge in [0, 0.05) is 12.2 Å². The predicted octanol–water partition coefficient (Wildman–Crippen LogP) is 3.00. The van der Waals surface area contributed by atoms with Crippen LogP contribution in [0.2, 0.25) is 0 Å². The summed E-state index contributed by atoms with van der Waals surface area (Å²) in [6.45, 7) is 6.23. The van der Waals surface area contributed by atoms with E-state index in [2.05, 4.69) is 6.58 Å². The highest BCUT2D eigenvalue weighted by atomic mass is 16.6. The molecule has 0 radical (unpaired) electrons. The summed E-state index contributed by atoms with van der Waals surface area (Å²) in [4.78, 5) is 11.5. The van der Waals surface area contributed by atoms with E-state index >= 15 is 0 Å². The van der Waals surface area contributed by atoms with Crippen LogP contribution in [0, 0.1) is 0 Å². The summed E-state index contributed by atoms with van der Waals surface area (Å²) in [5.41, 5.74) is 0.422. The van der Waals surface area contributed by atoms with Crippen LogP contribution in [0.4, 0.5) is 0 Å². The van der Waals surface area contributed by atoms with Crippen molar-refractivity contribution < 1.29 is 19.0 Å². The van der Waals surface area contributed by atoms with Gasteiger partial charge < -0.3 is 14.2 Å². The fourth-order valence-corrected chi connectivity index (χ4v) is 2.85. The van der Waals surface area contributed by atoms with Gasteiger partial charge in [0.05, 0.1) is 12.2 Å². The molecule has 2 atom stereocenters. The van der Waals surface area contributed by atoms with E-state index in [1.807, 2.05) is 0 Å². The van der Waals surface area contributed by atoms with Gasteiger partial charge in [-0.15, -0.1) is 0 Å². The van der Waals surface area contributed by atoms with E-state index in [0.29, 0.717) is 11.7 Å². The zero-order valence-electron chi connectivity index (χ0n) is 12.4. The van der Waals surface area contributed by atoms with Gasteiger partial charge in [0.15, 0.2) is 0 Å². The van der Waals surface area contributed by atoms with Crippen LogP contribution in [-0.2, 0) is 19.0 Å². The first-order chi connectivity index (χ1) is 9.66. The first-order valence-electron chi connectivity index (χ1n) is 7.76. The van der Waals surface area contributed by atoms with Crippen molar-refractivity contribution in [2.24, 2.45) is 0 Å². The average Bonchev–Trinajstić information content (AvgIpc) is 2.47. The summed E-state index contributed by atoms with van der Waals surface area (Å²) >= 11 is 0. The lowest BCUT2D eigenvalue weighted by atomic mass is 9.97. The van der Waals surface area contributed by atoms with Gasteiger partial charge in [-0.3, -0.25) is 0 Å². The Bertz CT molecular complexity index is 333. The maximum absolute atomic E-state index is 11.5. The monoisotopic (exact) mass is 282 g/mol. The lowest BCUT2D eigenvalue weighted by molar-refractivity contribution is -0.165. The topological polar surface area (TPSA) is 44.8 Å². The number of carbonyl (C=O) groups is 1. The van der Waals surface area contributed by atoms with Crippen molar-refractivity contribution in [1.29, 1.82) is 0 Å². The fourth-order valence-electron chi connectivity index (χ4n) is 2.85. The molecule has 0 aromatic carbocycles. The third-order valence-corrected chi connectivity index (χ3v) is 4.03. The second-order valence-electron chi connectivity index (χ2n) is 5.86. The summed E-state index contributed by atoms with van der Waals surface area (Å²) in [5.74, 6) is -0.351. The van der Waals surface area contributed by atoms with Gasteiger partial charge in [-0.2, -0.15) is 0 Å². The maximum atomic E-state index is 11.5. The van der Waals surface area contributed by atoms with E-state index < -0.39 is 0 Å². The zero-order chi connectivity index (χ0) is 14.4. The standard InChI is InChI=1S/C16H26O4/c1-12(2)16(17)19-11-15-14(9-6-10-18-15)20-13-7-4-3-5-8-13/h13-15H,1,3-11H2,2H3. The van der Waals surface area contributed by atoms with Crippen LogP contribution in [0.5, 0.6) is 0 Å². The van der Waals surface area contributed by atoms with E-state index in [4.69, 9.17) is 14.2 Å². The van der Waals surface area contributed by atoms with E-state index in [0.717, 1.165) is 32.3 Å². The molecule has 2 aliphatic rings. The Labute approximate surface area is 121 Å². The van der Waals surface area contributed by atoms with Crippen molar-refractivity contribution in [3.8, 4) is 0 Å². The van der Waals surface area contributed by atoms with Crippen molar-refractivity contribution in [2.75, 3.05) is 13.2 Å². The molecule has 114 valence electrons. The number of hydrogen-bond donors (Lipinski definition) is 0. The molecule has 4 heteroatoms. The fraction of sp³-hybridized carbons (Fsp3) is 0.812. The Hall–Kier alpha value is -0.870. The molecule has 0 spiro atoms. The zero-order valence-corrected chi connectivity index (χ0v) is 12.4. The van der Waals surface area contributed by atoms with Crippen LogP contribution in [0.3, 0.4) is 0 Å². The molecule has 1 saturated heterocycles. The maximum Gasteiger partial charge on any atom is 0.333 e. The minimum absolute atomic E-state index is 0.0600. The molecule has 20 heavy (non-hydrogen) atoms. The first-order valence-corrected chi connectivity index (χ1v) is 7.76.